The van der Waals surface area contributed by atoms with E-state index < -0.39 is 4.92 Å². The summed E-state index contributed by atoms with van der Waals surface area (Å²) in [6.45, 7) is 2.65. The zero-order valence-corrected chi connectivity index (χ0v) is 10.1. The minimum atomic E-state index is -0.501. The van der Waals surface area contributed by atoms with Crippen LogP contribution in [-0.4, -0.2) is 34.9 Å². The second-order valence-corrected chi connectivity index (χ2v) is 4.53. The molecule has 1 aliphatic heterocycles. The van der Waals surface area contributed by atoms with Crippen molar-refractivity contribution in [3.8, 4) is 0 Å². The number of nitro groups is 1. The average molecular weight is 249 g/mol. The first-order chi connectivity index (χ1) is 8.50. The number of hydrogen-bond acceptors (Lipinski definition) is 4. The number of carbonyl (C=O) groups is 1. The van der Waals surface area contributed by atoms with Gasteiger partial charge in [-0.15, -0.1) is 0 Å². The maximum atomic E-state index is 12.2. The summed E-state index contributed by atoms with van der Waals surface area (Å²) in [5, 5.41) is 11.0. The van der Waals surface area contributed by atoms with Crippen LogP contribution >= 0.6 is 0 Å². The number of para-hydroxylation sites is 1. The molecule has 0 saturated carbocycles. The maximum absolute atomic E-state index is 12.2. The van der Waals surface area contributed by atoms with Crippen LogP contribution in [0.2, 0.25) is 0 Å². The lowest BCUT2D eigenvalue weighted by Gasteiger charge is -2.16. The van der Waals surface area contributed by atoms with E-state index in [1.807, 2.05) is 0 Å². The third kappa shape index (κ3) is 2.19. The van der Waals surface area contributed by atoms with E-state index in [0.29, 0.717) is 18.7 Å². The maximum Gasteiger partial charge on any atom is 0.285 e. The first-order valence-corrected chi connectivity index (χ1v) is 5.79. The van der Waals surface area contributed by atoms with Gasteiger partial charge < -0.3 is 10.6 Å². The Balaban J connectivity index is 2.36. The Morgan fingerprint density at radius 3 is 2.83 bits per heavy atom. The molecule has 0 unspecified atom stereocenters. The van der Waals surface area contributed by atoms with Crippen molar-refractivity contribution in [1.29, 1.82) is 0 Å². The first-order valence-electron chi connectivity index (χ1n) is 5.79. The minimum Gasteiger partial charge on any atom is -0.337 e. The van der Waals surface area contributed by atoms with Crippen LogP contribution in [-0.2, 0) is 0 Å². The third-order valence-electron chi connectivity index (χ3n) is 3.16. The zero-order chi connectivity index (χ0) is 13.3. The van der Waals surface area contributed by atoms with Gasteiger partial charge >= 0.3 is 0 Å². The molecular weight excluding hydrogens is 234 g/mol. The average Bonchev–Trinajstić information content (AvgIpc) is 2.74. The van der Waals surface area contributed by atoms with Crippen molar-refractivity contribution in [1.82, 2.24) is 4.90 Å². The van der Waals surface area contributed by atoms with Crippen molar-refractivity contribution in [2.45, 2.75) is 19.4 Å². The molecule has 6 heteroatoms. The van der Waals surface area contributed by atoms with Crippen LogP contribution in [0.4, 0.5) is 5.69 Å². The number of nitro benzene ring substituents is 1. The Morgan fingerprint density at radius 2 is 2.28 bits per heavy atom. The Labute approximate surface area is 105 Å². The fourth-order valence-corrected chi connectivity index (χ4v) is 2.22. The highest BCUT2D eigenvalue weighted by atomic mass is 16.6. The molecule has 96 valence electrons. The van der Waals surface area contributed by atoms with Crippen LogP contribution in [0.3, 0.4) is 0 Å². The first kappa shape index (κ1) is 12.5. The second kappa shape index (κ2) is 4.73. The molecule has 6 nitrogen and oxygen atoms in total. The fraction of sp³-hybridized carbons (Fsp3) is 0.417. The molecule has 1 amide bonds. The number of hydrogen-bond donors (Lipinski definition) is 1. The Hall–Kier alpha value is -1.95. The summed E-state index contributed by atoms with van der Waals surface area (Å²) in [5.74, 6) is -0.307. The van der Waals surface area contributed by atoms with E-state index in [-0.39, 0.29) is 23.2 Å². The molecule has 1 atom stereocenters. The predicted molar refractivity (Wildman–Crippen MR) is 66.3 cm³/mol. The molecule has 1 fully saturated rings. The molecule has 1 aromatic carbocycles. The normalized spacial score (nSPS) is 19.0. The van der Waals surface area contributed by atoms with E-state index in [9.17, 15) is 14.9 Å². The van der Waals surface area contributed by atoms with Gasteiger partial charge in [0.25, 0.3) is 11.6 Å². The SMILES string of the molecule is Cc1cccc(C(=O)N2CC[C@@H](N)C2)c1[N+](=O)[O-]. The van der Waals surface area contributed by atoms with Crippen molar-refractivity contribution >= 4 is 11.6 Å². The molecule has 1 heterocycles. The van der Waals surface area contributed by atoms with Crippen LogP contribution in [0.15, 0.2) is 18.2 Å². The Bertz CT molecular complexity index is 501. The standard InChI is InChI=1S/C12H15N3O3/c1-8-3-2-4-10(11(8)15(17)18)12(16)14-6-5-9(13)7-14/h2-4,9H,5-7,13H2,1H3/t9-/m1/s1. The van der Waals surface area contributed by atoms with E-state index in [1.54, 1.807) is 24.0 Å². The van der Waals surface area contributed by atoms with Gasteiger partial charge in [-0.3, -0.25) is 14.9 Å². The number of amides is 1. The number of nitrogens with zero attached hydrogens (tertiary/aromatic N) is 2. The van der Waals surface area contributed by atoms with Crippen LogP contribution in [0.5, 0.6) is 0 Å². The highest BCUT2D eigenvalue weighted by molar-refractivity contribution is 5.98. The van der Waals surface area contributed by atoms with Gasteiger partial charge in [-0.05, 0) is 19.4 Å². The van der Waals surface area contributed by atoms with Crippen LogP contribution in [0, 0.1) is 17.0 Å². The van der Waals surface area contributed by atoms with Gasteiger partial charge in [0.15, 0.2) is 0 Å². The van der Waals surface area contributed by atoms with Crippen molar-refractivity contribution in [2.24, 2.45) is 5.73 Å². The molecule has 18 heavy (non-hydrogen) atoms. The van der Waals surface area contributed by atoms with Crippen LogP contribution in [0.25, 0.3) is 0 Å². The zero-order valence-electron chi connectivity index (χ0n) is 10.1. The number of likely N-dealkylation sites (tertiary alicyclic amines) is 1. The fourth-order valence-electron chi connectivity index (χ4n) is 2.22. The van der Waals surface area contributed by atoms with E-state index in [1.165, 1.54) is 6.07 Å². The van der Waals surface area contributed by atoms with E-state index in [2.05, 4.69) is 0 Å². The monoisotopic (exact) mass is 249 g/mol. The van der Waals surface area contributed by atoms with Gasteiger partial charge in [-0.2, -0.15) is 0 Å². The lowest BCUT2D eigenvalue weighted by Crippen LogP contribution is -2.32. The van der Waals surface area contributed by atoms with Crippen molar-refractivity contribution in [3.05, 3.63) is 39.4 Å². The molecule has 1 saturated heterocycles. The molecule has 2 N–H and O–H groups in total. The minimum absolute atomic E-state index is 0.0298. The third-order valence-corrected chi connectivity index (χ3v) is 3.16. The molecule has 0 spiro atoms. The molecule has 0 aliphatic carbocycles. The number of carbonyl (C=O) groups excluding carboxylic acids is 1. The lowest BCUT2D eigenvalue weighted by molar-refractivity contribution is -0.385. The number of aryl methyl sites for hydroxylation is 1. The molecule has 0 aromatic heterocycles. The predicted octanol–water partition coefficient (Wildman–Crippen LogP) is 1.08. The smallest absolute Gasteiger partial charge is 0.285 e. The van der Waals surface area contributed by atoms with Crippen molar-refractivity contribution < 1.29 is 9.72 Å². The molecule has 0 bridgehead atoms. The summed E-state index contributed by atoms with van der Waals surface area (Å²) in [6.07, 6.45) is 0.741. The van der Waals surface area contributed by atoms with E-state index in [4.69, 9.17) is 5.73 Å². The largest absolute Gasteiger partial charge is 0.337 e. The summed E-state index contributed by atoms with van der Waals surface area (Å²) >= 11 is 0. The summed E-state index contributed by atoms with van der Waals surface area (Å²) in [5.41, 5.74) is 6.27. The van der Waals surface area contributed by atoms with Gasteiger partial charge in [0.2, 0.25) is 0 Å². The van der Waals surface area contributed by atoms with Gasteiger partial charge in [0.05, 0.1) is 4.92 Å². The van der Waals surface area contributed by atoms with E-state index in [0.717, 1.165) is 6.42 Å². The highest BCUT2D eigenvalue weighted by Gasteiger charge is 2.29. The highest BCUT2D eigenvalue weighted by Crippen LogP contribution is 2.25. The molecule has 2 rings (SSSR count). The Kier molecular flexibility index (Phi) is 3.29. The number of rotatable bonds is 2. The number of benzene rings is 1. The molecular formula is C12H15N3O3. The van der Waals surface area contributed by atoms with Crippen molar-refractivity contribution in [3.63, 3.8) is 0 Å². The van der Waals surface area contributed by atoms with E-state index >= 15 is 0 Å². The quantitative estimate of drug-likeness (QED) is 0.627. The van der Waals surface area contributed by atoms with Gasteiger partial charge in [0, 0.05) is 24.7 Å². The van der Waals surface area contributed by atoms with Gasteiger partial charge in [0.1, 0.15) is 5.56 Å². The molecule has 1 aromatic rings. The molecule has 0 radical (unpaired) electrons. The summed E-state index contributed by atoms with van der Waals surface area (Å²) in [7, 11) is 0. The summed E-state index contributed by atoms with van der Waals surface area (Å²) in [4.78, 5) is 24.3. The van der Waals surface area contributed by atoms with Crippen LogP contribution in [0.1, 0.15) is 22.3 Å². The van der Waals surface area contributed by atoms with Gasteiger partial charge in [-0.25, -0.2) is 0 Å². The van der Waals surface area contributed by atoms with Gasteiger partial charge in [-0.1, -0.05) is 12.1 Å². The molecule has 1 aliphatic rings. The lowest BCUT2D eigenvalue weighted by atomic mass is 10.1. The number of nitrogens with two attached hydrogens (primary N) is 1. The topological polar surface area (TPSA) is 89.5 Å². The van der Waals surface area contributed by atoms with Crippen molar-refractivity contribution in [2.75, 3.05) is 13.1 Å². The second-order valence-electron chi connectivity index (χ2n) is 4.53. The van der Waals surface area contributed by atoms with Crippen LogP contribution < -0.4 is 5.73 Å². The summed E-state index contributed by atoms with van der Waals surface area (Å²) < 4.78 is 0. The summed E-state index contributed by atoms with van der Waals surface area (Å²) in [6, 6.07) is 4.76. The Morgan fingerprint density at radius 1 is 1.56 bits per heavy atom.